The fourth-order valence-electron chi connectivity index (χ4n) is 3.37. The number of amides is 1. The molecule has 1 amide bonds. The lowest BCUT2D eigenvalue weighted by molar-refractivity contribution is -0.137. The van der Waals surface area contributed by atoms with Crippen LogP contribution in [0.15, 0.2) is 59.6 Å². The maximum absolute atomic E-state index is 13.2. The van der Waals surface area contributed by atoms with Gasteiger partial charge in [0.15, 0.2) is 5.82 Å². The van der Waals surface area contributed by atoms with E-state index in [0.29, 0.717) is 43.1 Å². The van der Waals surface area contributed by atoms with Gasteiger partial charge in [-0.05, 0) is 66.9 Å². The molecule has 3 aromatic rings. The summed E-state index contributed by atoms with van der Waals surface area (Å²) in [6.45, 7) is 1.07. The second-order valence-electron chi connectivity index (χ2n) is 7.65. The van der Waals surface area contributed by atoms with Gasteiger partial charge in [-0.15, -0.1) is 0 Å². The molecule has 1 aliphatic heterocycles. The molecule has 2 heterocycles. The van der Waals surface area contributed by atoms with Crippen LogP contribution < -0.4 is 10.6 Å². The van der Waals surface area contributed by atoms with Gasteiger partial charge in [0.05, 0.1) is 17.3 Å². The summed E-state index contributed by atoms with van der Waals surface area (Å²) in [4.78, 5) is 17.3. The van der Waals surface area contributed by atoms with Crippen LogP contribution in [-0.2, 0) is 10.9 Å². The van der Waals surface area contributed by atoms with Crippen LogP contribution in [0.25, 0.3) is 11.3 Å². The van der Waals surface area contributed by atoms with E-state index >= 15 is 0 Å². The molecule has 0 aliphatic carbocycles. The van der Waals surface area contributed by atoms with E-state index in [0.717, 1.165) is 24.3 Å². The molecule has 0 bridgehead atoms. The highest BCUT2D eigenvalue weighted by Crippen LogP contribution is 2.29. The number of anilines is 1. The van der Waals surface area contributed by atoms with Crippen molar-refractivity contribution in [1.82, 2.24) is 15.5 Å². The van der Waals surface area contributed by atoms with Gasteiger partial charge in [-0.1, -0.05) is 0 Å². The number of aromatic nitrogens is 2. The summed E-state index contributed by atoms with van der Waals surface area (Å²) in [7, 11) is 0. The molecule has 4 rings (SSSR count). The minimum atomic E-state index is -4.49. The van der Waals surface area contributed by atoms with Gasteiger partial charge in [0.2, 0.25) is 5.96 Å². The van der Waals surface area contributed by atoms with E-state index in [1.54, 1.807) is 18.2 Å². The van der Waals surface area contributed by atoms with E-state index in [9.17, 15) is 22.4 Å². The van der Waals surface area contributed by atoms with E-state index < -0.39 is 17.6 Å². The first-order valence-corrected chi connectivity index (χ1v) is 10.5. The first kappa shape index (κ1) is 23.4. The van der Waals surface area contributed by atoms with E-state index in [2.05, 4.69) is 25.8 Å². The molecule has 1 fully saturated rings. The Morgan fingerprint density at radius 3 is 2.38 bits per heavy atom. The molecular weight excluding hydrogens is 454 g/mol. The Kier molecular flexibility index (Phi) is 6.92. The quantitative estimate of drug-likeness (QED) is 0.292. The predicted molar refractivity (Wildman–Crippen MR) is 118 cm³/mol. The third-order valence-electron chi connectivity index (χ3n) is 5.19. The number of ether oxygens (including phenoxy) is 1. The number of carbonyl (C=O) groups is 1. The molecule has 0 spiro atoms. The minimum absolute atomic E-state index is 0.0449. The summed E-state index contributed by atoms with van der Waals surface area (Å²) in [6.07, 6.45) is -3.18. The number of alkyl halides is 3. The molecule has 1 saturated heterocycles. The summed E-state index contributed by atoms with van der Waals surface area (Å²) in [5.41, 5.74) is 0.521. The Morgan fingerprint density at radius 1 is 1.06 bits per heavy atom. The van der Waals surface area contributed by atoms with Crippen LogP contribution in [0.2, 0.25) is 0 Å². The molecule has 0 saturated carbocycles. The number of carbonyl (C=O) groups excluding carboxylic acids is 1. The maximum Gasteiger partial charge on any atom is 0.416 e. The number of rotatable bonds is 4. The minimum Gasteiger partial charge on any atom is -0.381 e. The number of nitrogens with one attached hydrogen (secondary N) is 3. The maximum atomic E-state index is 13.2. The normalized spacial score (nSPS) is 15.2. The third kappa shape index (κ3) is 5.98. The number of H-pyrrole nitrogens is 1. The highest BCUT2D eigenvalue weighted by molar-refractivity contribution is 6.09. The molecule has 1 aromatic heterocycles. The van der Waals surface area contributed by atoms with Crippen LogP contribution in [-0.4, -0.2) is 41.3 Å². The van der Waals surface area contributed by atoms with Crippen molar-refractivity contribution in [3.05, 3.63) is 71.5 Å². The van der Waals surface area contributed by atoms with Crippen LogP contribution in [0.1, 0.15) is 28.8 Å². The Hall–Kier alpha value is -3.73. The van der Waals surface area contributed by atoms with Crippen molar-refractivity contribution < 1.29 is 27.1 Å². The van der Waals surface area contributed by atoms with Crippen molar-refractivity contribution in [1.29, 1.82) is 0 Å². The molecule has 7 nitrogen and oxygen atoms in total. The standard InChI is InChI=1S/C23H21F4N5O2/c24-17-7-3-14(4-8-17)19-13-20(32-31-19)29-22(28-18-9-11-34-12-10-18)30-21(33)15-1-5-16(6-2-15)23(25,26)27/h1-8,13,18H,9-12H2,(H3,28,29,30,31,32,33). The van der Waals surface area contributed by atoms with Crippen LogP contribution in [0.3, 0.4) is 0 Å². The third-order valence-corrected chi connectivity index (χ3v) is 5.19. The average Bonchev–Trinajstić information content (AvgIpc) is 3.28. The second-order valence-corrected chi connectivity index (χ2v) is 7.65. The predicted octanol–water partition coefficient (Wildman–Crippen LogP) is 4.61. The number of guanidine groups is 1. The molecule has 0 unspecified atom stereocenters. The monoisotopic (exact) mass is 475 g/mol. The number of halogens is 4. The molecular formula is C23H21F4N5O2. The molecule has 34 heavy (non-hydrogen) atoms. The smallest absolute Gasteiger partial charge is 0.381 e. The Labute approximate surface area is 192 Å². The van der Waals surface area contributed by atoms with Crippen molar-refractivity contribution in [3.8, 4) is 11.3 Å². The SMILES string of the molecule is O=C(NC(=NC1CCOCC1)Nc1cc(-c2ccc(F)cc2)[nH]n1)c1ccc(C(F)(F)F)cc1. The zero-order valence-corrected chi connectivity index (χ0v) is 17.8. The summed E-state index contributed by atoms with van der Waals surface area (Å²) in [5, 5.41) is 12.5. The average molecular weight is 475 g/mol. The van der Waals surface area contributed by atoms with Crippen LogP contribution in [0, 0.1) is 5.82 Å². The zero-order valence-electron chi connectivity index (χ0n) is 17.8. The van der Waals surface area contributed by atoms with Gasteiger partial charge in [-0.3, -0.25) is 15.2 Å². The topological polar surface area (TPSA) is 91.4 Å². The highest BCUT2D eigenvalue weighted by Gasteiger charge is 2.30. The van der Waals surface area contributed by atoms with Gasteiger partial charge < -0.3 is 10.1 Å². The summed E-state index contributed by atoms with van der Waals surface area (Å²) < 4.78 is 57.0. The van der Waals surface area contributed by atoms with Gasteiger partial charge >= 0.3 is 6.18 Å². The highest BCUT2D eigenvalue weighted by atomic mass is 19.4. The number of aliphatic imine (C=N–C) groups is 1. The number of benzene rings is 2. The summed E-state index contributed by atoms with van der Waals surface area (Å²) in [6, 6.07) is 11.3. The number of nitrogens with zero attached hydrogens (tertiary/aromatic N) is 2. The summed E-state index contributed by atoms with van der Waals surface area (Å²) in [5.74, 6) is -0.536. The van der Waals surface area contributed by atoms with Crippen molar-refractivity contribution in [3.63, 3.8) is 0 Å². The molecule has 3 N–H and O–H groups in total. The van der Waals surface area contributed by atoms with E-state index in [1.807, 2.05) is 0 Å². The van der Waals surface area contributed by atoms with Crippen molar-refractivity contribution >= 4 is 17.7 Å². The van der Waals surface area contributed by atoms with Gasteiger partial charge in [-0.25, -0.2) is 9.38 Å². The number of aromatic amines is 1. The van der Waals surface area contributed by atoms with Crippen molar-refractivity contribution in [2.24, 2.45) is 4.99 Å². The van der Waals surface area contributed by atoms with E-state index in [1.165, 1.54) is 12.1 Å². The molecule has 2 aromatic carbocycles. The Bertz CT molecular complexity index is 1150. The van der Waals surface area contributed by atoms with E-state index in [-0.39, 0.29) is 23.4 Å². The zero-order chi connectivity index (χ0) is 24.1. The van der Waals surface area contributed by atoms with Crippen molar-refractivity contribution in [2.75, 3.05) is 18.5 Å². The van der Waals surface area contributed by atoms with Gasteiger partial charge in [0.25, 0.3) is 5.91 Å². The molecule has 0 atom stereocenters. The van der Waals surface area contributed by atoms with Crippen molar-refractivity contribution in [2.45, 2.75) is 25.1 Å². The van der Waals surface area contributed by atoms with Gasteiger partial charge in [-0.2, -0.15) is 18.3 Å². The number of hydrogen-bond acceptors (Lipinski definition) is 4. The Morgan fingerprint density at radius 2 is 1.74 bits per heavy atom. The second kappa shape index (κ2) is 10.0. The lowest BCUT2D eigenvalue weighted by atomic mass is 10.1. The van der Waals surface area contributed by atoms with Gasteiger partial charge in [0, 0.05) is 24.8 Å². The van der Waals surface area contributed by atoms with Crippen LogP contribution >= 0.6 is 0 Å². The van der Waals surface area contributed by atoms with Crippen LogP contribution in [0.5, 0.6) is 0 Å². The molecule has 0 radical (unpaired) electrons. The summed E-state index contributed by atoms with van der Waals surface area (Å²) >= 11 is 0. The molecule has 178 valence electrons. The Balaban J connectivity index is 1.52. The lowest BCUT2D eigenvalue weighted by Gasteiger charge is -2.20. The number of hydrogen-bond donors (Lipinski definition) is 3. The van der Waals surface area contributed by atoms with Gasteiger partial charge in [0.1, 0.15) is 5.82 Å². The molecule has 11 heteroatoms. The van der Waals surface area contributed by atoms with E-state index in [4.69, 9.17) is 4.74 Å². The first-order valence-electron chi connectivity index (χ1n) is 10.5. The lowest BCUT2D eigenvalue weighted by Crippen LogP contribution is -2.37. The first-order chi connectivity index (χ1) is 16.3. The fraction of sp³-hybridized carbons (Fsp3) is 0.261. The fourth-order valence-corrected chi connectivity index (χ4v) is 3.37. The molecule has 1 aliphatic rings. The largest absolute Gasteiger partial charge is 0.416 e. The van der Waals surface area contributed by atoms with Crippen LogP contribution in [0.4, 0.5) is 23.4 Å².